The third-order valence-electron chi connectivity index (χ3n) is 6.22. The van der Waals surface area contributed by atoms with Gasteiger partial charge in [0.15, 0.2) is 0 Å². The third-order valence-corrected chi connectivity index (χ3v) is 6.22. The molecule has 2 aromatic carbocycles. The van der Waals surface area contributed by atoms with Gasteiger partial charge in [0, 0.05) is 35.6 Å². The molecule has 1 aliphatic heterocycles. The monoisotopic (exact) mass is 476 g/mol. The van der Waals surface area contributed by atoms with Gasteiger partial charge in [0.25, 0.3) is 5.91 Å². The SMILES string of the molecule is CC(C)(C)NC(=O)c1cccc2cn(-c3ccc(C4(C)CCN(C(=O)OC(C)(C)C)C4)cc3)nc12. The highest BCUT2D eigenvalue weighted by molar-refractivity contribution is 6.05. The predicted molar refractivity (Wildman–Crippen MR) is 138 cm³/mol. The molecule has 1 aliphatic rings. The summed E-state index contributed by atoms with van der Waals surface area (Å²) in [6.07, 6.45) is 2.57. The number of carbonyl (C=O) groups excluding carboxylic acids is 2. The van der Waals surface area contributed by atoms with Crippen LogP contribution in [0.2, 0.25) is 0 Å². The Hall–Kier alpha value is -3.35. The van der Waals surface area contributed by atoms with Gasteiger partial charge in [-0.3, -0.25) is 4.79 Å². The van der Waals surface area contributed by atoms with Gasteiger partial charge in [-0.05, 0) is 71.7 Å². The van der Waals surface area contributed by atoms with Gasteiger partial charge in [0.1, 0.15) is 11.1 Å². The van der Waals surface area contributed by atoms with Gasteiger partial charge in [-0.15, -0.1) is 0 Å². The number of nitrogens with one attached hydrogen (secondary N) is 1. The molecule has 2 amide bonds. The summed E-state index contributed by atoms with van der Waals surface area (Å²) >= 11 is 0. The summed E-state index contributed by atoms with van der Waals surface area (Å²) < 4.78 is 7.37. The van der Waals surface area contributed by atoms with Gasteiger partial charge >= 0.3 is 6.09 Å². The van der Waals surface area contributed by atoms with Crippen LogP contribution in [-0.4, -0.2) is 50.9 Å². The number of ether oxygens (including phenoxy) is 1. The average Bonchev–Trinajstić information content (AvgIpc) is 3.36. The van der Waals surface area contributed by atoms with Crippen molar-refractivity contribution in [2.24, 2.45) is 0 Å². The van der Waals surface area contributed by atoms with Crippen molar-refractivity contribution in [3.05, 3.63) is 59.8 Å². The quantitative estimate of drug-likeness (QED) is 0.545. The molecular formula is C28H36N4O3. The van der Waals surface area contributed by atoms with Crippen molar-refractivity contribution in [3.63, 3.8) is 0 Å². The van der Waals surface area contributed by atoms with Crippen LogP contribution < -0.4 is 5.32 Å². The first-order chi connectivity index (χ1) is 16.2. The molecule has 4 rings (SSSR count). The maximum atomic E-state index is 12.8. The van der Waals surface area contributed by atoms with Crippen LogP contribution >= 0.6 is 0 Å². The fourth-order valence-electron chi connectivity index (χ4n) is 4.46. The van der Waals surface area contributed by atoms with Gasteiger partial charge < -0.3 is 15.0 Å². The molecule has 1 saturated heterocycles. The van der Waals surface area contributed by atoms with Crippen LogP contribution in [0.25, 0.3) is 16.6 Å². The lowest BCUT2D eigenvalue weighted by Crippen LogP contribution is -2.40. The third kappa shape index (κ3) is 5.50. The van der Waals surface area contributed by atoms with E-state index in [1.807, 2.05) is 76.7 Å². The number of aromatic nitrogens is 2. The normalized spacial score (nSPS) is 18.7. The molecule has 0 spiro atoms. The number of nitrogens with zero attached hydrogens (tertiary/aromatic N) is 3. The minimum absolute atomic E-state index is 0.132. The van der Waals surface area contributed by atoms with E-state index in [-0.39, 0.29) is 23.0 Å². The van der Waals surface area contributed by atoms with Crippen molar-refractivity contribution in [2.75, 3.05) is 13.1 Å². The zero-order valence-electron chi connectivity index (χ0n) is 21.8. The Morgan fingerprint density at radius 2 is 1.71 bits per heavy atom. The molecule has 0 bridgehead atoms. The van der Waals surface area contributed by atoms with Crippen LogP contribution in [0, 0.1) is 0 Å². The first-order valence-corrected chi connectivity index (χ1v) is 12.1. The maximum Gasteiger partial charge on any atom is 0.410 e. The zero-order chi connectivity index (χ0) is 25.6. The van der Waals surface area contributed by atoms with Crippen LogP contribution in [0.15, 0.2) is 48.7 Å². The fraction of sp³-hybridized carbons (Fsp3) is 0.464. The van der Waals surface area contributed by atoms with Crippen LogP contribution in [0.3, 0.4) is 0 Å². The standard InChI is InChI=1S/C28H36N4O3/c1-26(2,3)29-24(33)22-10-8-9-19-17-32(30-23(19)22)21-13-11-20(12-14-21)28(7)15-16-31(18-28)25(34)35-27(4,5)6/h8-14,17H,15-16,18H2,1-7H3,(H,29,33). The summed E-state index contributed by atoms with van der Waals surface area (Å²) in [6, 6.07) is 13.9. The average molecular weight is 477 g/mol. The van der Waals surface area contributed by atoms with E-state index in [0.717, 1.165) is 17.5 Å². The Balaban J connectivity index is 1.54. The molecule has 1 unspecified atom stereocenters. The van der Waals surface area contributed by atoms with Gasteiger partial charge in [-0.25, -0.2) is 9.48 Å². The van der Waals surface area contributed by atoms with E-state index < -0.39 is 5.60 Å². The summed E-state index contributed by atoms with van der Waals surface area (Å²) in [5.41, 5.74) is 2.36. The molecule has 2 heterocycles. The Morgan fingerprint density at radius 3 is 2.34 bits per heavy atom. The van der Waals surface area contributed by atoms with Crippen molar-refractivity contribution in [3.8, 4) is 5.69 Å². The first-order valence-electron chi connectivity index (χ1n) is 12.1. The molecule has 0 aliphatic carbocycles. The molecule has 0 saturated carbocycles. The number of carbonyl (C=O) groups is 2. The number of hydrogen-bond acceptors (Lipinski definition) is 4. The summed E-state index contributed by atoms with van der Waals surface area (Å²) in [7, 11) is 0. The molecule has 0 radical (unpaired) electrons. The van der Waals surface area contributed by atoms with Crippen molar-refractivity contribution in [1.29, 1.82) is 0 Å². The van der Waals surface area contributed by atoms with Crippen molar-refractivity contribution in [2.45, 2.75) is 71.4 Å². The maximum absolute atomic E-state index is 12.8. The highest BCUT2D eigenvalue weighted by Crippen LogP contribution is 2.35. The summed E-state index contributed by atoms with van der Waals surface area (Å²) in [5.74, 6) is -0.132. The smallest absolute Gasteiger partial charge is 0.410 e. The van der Waals surface area contributed by atoms with E-state index in [2.05, 4.69) is 24.4 Å². The zero-order valence-corrected chi connectivity index (χ0v) is 21.8. The Morgan fingerprint density at radius 1 is 1.03 bits per heavy atom. The van der Waals surface area contributed by atoms with E-state index in [9.17, 15) is 9.59 Å². The number of likely N-dealkylation sites (tertiary alicyclic amines) is 1. The molecular weight excluding hydrogens is 440 g/mol. The van der Waals surface area contributed by atoms with Crippen molar-refractivity contribution >= 4 is 22.9 Å². The van der Waals surface area contributed by atoms with Crippen LogP contribution in [0.1, 0.15) is 70.8 Å². The number of rotatable bonds is 3. The van der Waals surface area contributed by atoms with Gasteiger partial charge in [-0.1, -0.05) is 31.2 Å². The molecule has 1 N–H and O–H groups in total. The van der Waals surface area contributed by atoms with E-state index >= 15 is 0 Å². The topological polar surface area (TPSA) is 76.5 Å². The van der Waals surface area contributed by atoms with Crippen LogP contribution in [0.5, 0.6) is 0 Å². The highest BCUT2D eigenvalue weighted by atomic mass is 16.6. The summed E-state index contributed by atoms with van der Waals surface area (Å²) in [4.78, 5) is 27.1. The number of fused-ring (bicyclic) bond motifs is 1. The second-order valence-electron chi connectivity index (χ2n) is 11.8. The summed E-state index contributed by atoms with van der Waals surface area (Å²) in [5, 5.41) is 8.66. The lowest BCUT2D eigenvalue weighted by Gasteiger charge is -2.27. The first kappa shape index (κ1) is 24.8. The van der Waals surface area contributed by atoms with E-state index in [0.29, 0.717) is 24.2 Å². The van der Waals surface area contributed by atoms with E-state index in [1.165, 1.54) is 5.56 Å². The van der Waals surface area contributed by atoms with Gasteiger partial charge in [-0.2, -0.15) is 5.10 Å². The minimum Gasteiger partial charge on any atom is -0.444 e. The van der Waals surface area contributed by atoms with Crippen LogP contribution in [0.4, 0.5) is 4.79 Å². The summed E-state index contributed by atoms with van der Waals surface area (Å²) in [6.45, 7) is 15.0. The molecule has 3 aromatic rings. The van der Waals surface area contributed by atoms with Gasteiger partial charge in [0.05, 0.1) is 11.3 Å². The van der Waals surface area contributed by atoms with E-state index in [4.69, 9.17) is 9.84 Å². The molecule has 35 heavy (non-hydrogen) atoms. The minimum atomic E-state index is -0.502. The number of hydrogen-bond donors (Lipinski definition) is 1. The Bertz CT molecular complexity index is 1250. The highest BCUT2D eigenvalue weighted by Gasteiger charge is 2.39. The molecule has 1 aromatic heterocycles. The Labute approximate surface area is 207 Å². The molecule has 186 valence electrons. The molecule has 1 fully saturated rings. The second kappa shape index (κ2) is 8.70. The second-order valence-corrected chi connectivity index (χ2v) is 11.8. The van der Waals surface area contributed by atoms with E-state index in [1.54, 1.807) is 11.0 Å². The largest absolute Gasteiger partial charge is 0.444 e. The fourth-order valence-corrected chi connectivity index (χ4v) is 4.46. The molecule has 1 atom stereocenters. The number of amides is 2. The lowest BCUT2D eigenvalue weighted by atomic mass is 9.82. The lowest BCUT2D eigenvalue weighted by molar-refractivity contribution is 0.0285. The van der Waals surface area contributed by atoms with Gasteiger partial charge in [0.2, 0.25) is 0 Å². The predicted octanol–water partition coefficient (Wildman–Crippen LogP) is 5.45. The number of benzene rings is 2. The molecule has 7 nitrogen and oxygen atoms in total. The van der Waals surface area contributed by atoms with Crippen molar-refractivity contribution in [1.82, 2.24) is 20.0 Å². The van der Waals surface area contributed by atoms with Crippen molar-refractivity contribution < 1.29 is 14.3 Å². The molecule has 7 heteroatoms. The van der Waals surface area contributed by atoms with Crippen LogP contribution in [-0.2, 0) is 10.2 Å². The Kier molecular flexibility index (Phi) is 6.16.